The van der Waals surface area contributed by atoms with Gasteiger partial charge < -0.3 is 24.1 Å². The zero-order chi connectivity index (χ0) is 21.7. The lowest BCUT2D eigenvalue weighted by molar-refractivity contribution is -0.130. The van der Waals surface area contributed by atoms with Crippen LogP contribution in [0, 0.1) is 5.82 Å². The lowest BCUT2D eigenvalue weighted by atomic mass is 10.0. The molecule has 0 fully saturated rings. The van der Waals surface area contributed by atoms with Crippen LogP contribution in [0.3, 0.4) is 0 Å². The molecule has 0 unspecified atom stereocenters. The maximum atomic E-state index is 14.4. The third-order valence-electron chi connectivity index (χ3n) is 4.48. The Kier molecular flexibility index (Phi) is 6.79. The zero-order valence-corrected chi connectivity index (χ0v) is 18.2. The monoisotopic (exact) mass is 432 g/mol. The highest BCUT2D eigenvalue weighted by molar-refractivity contribution is 6.76. The third-order valence-corrected chi connectivity index (χ3v) is 6.18. The Balaban J connectivity index is 1.69. The second kappa shape index (κ2) is 9.31. The molecular weight excluding hydrogens is 407 g/mol. The molecule has 1 aliphatic rings. The standard InChI is InChI=1S/C22H25FO6Si/c1-30(2,3)9-8-26-13-27-19-6-4-15(11-18(19)23)10-17(22(24)25)16-5-7-20-21(12-16)29-14-28-20/h4-7,10-12H,8-9,13-14H2,1-3H3,(H,24,25)/b17-10-. The van der Waals surface area contributed by atoms with Crippen LogP contribution in [0.5, 0.6) is 17.2 Å². The number of ether oxygens (including phenoxy) is 4. The van der Waals surface area contributed by atoms with E-state index in [0.717, 1.165) is 6.04 Å². The number of aliphatic carboxylic acids is 1. The number of fused-ring (bicyclic) bond motifs is 1. The van der Waals surface area contributed by atoms with Gasteiger partial charge in [0, 0.05) is 14.7 Å². The van der Waals surface area contributed by atoms with E-state index in [1.54, 1.807) is 24.3 Å². The van der Waals surface area contributed by atoms with Crippen molar-refractivity contribution < 1.29 is 33.2 Å². The Morgan fingerprint density at radius 3 is 2.63 bits per heavy atom. The number of carboxylic acid groups (broad SMARTS) is 1. The summed E-state index contributed by atoms with van der Waals surface area (Å²) in [5, 5.41) is 9.61. The molecule has 8 heteroatoms. The number of carbonyl (C=O) groups is 1. The van der Waals surface area contributed by atoms with Crippen molar-refractivity contribution in [2.75, 3.05) is 20.2 Å². The van der Waals surface area contributed by atoms with Gasteiger partial charge in [-0.15, -0.1) is 0 Å². The molecule has 0 amide bonds. The topological polar surface area (TPSA) is 74.2 Å². The SMILES string of the molecule is C[Si](C)(C)CCOCOc1ccc(/C=C(\C(=O)O)c2ccc3c(c2)OCO3)cc1F. The van der Waals surface area contributed by atoms with Crippen LogP contribution in [0.2, 0.25) is 25.7 Å². The van der Waals surface area contributed by atoms with E-state index >= 15 is 0 Å². The van der Waals surface area contributed by atoms with Gasteiger partial charge in [0.2, 0.25) is 6.79 Å². The summed E-state index contributed by atoms with van der Waals surface area (Å²) in [4.78, 5) is 11.8. The molecule has 0 aromatic heterocycles. The minimum absolute atomic E-state index is 0.0102. The molecule has 1 aliphatic heterocycles. The second-order valence-electron chi connectivity index (χ2n) is 8.10. The first kappa shape index (κ1) is 21.9. The molecule has 6 nitrogen and oxygen atoms in total. The summed E-state index contributed by atoms with van der Waals surface area (Å²) in [7, 11) is -1.19. The van der Waals surface area contributed by atoms with Gasteiger partial charge in [0.1, 0.15) is 0 Å². The van der Waals surface area contributed by atoms with E-state index in [1.165, 1.54) is 18.2 Å². The van der Waals surface area contributed by atoms with Crippen LogP contribution in [0.1, 0.15) is 11.1 Å². The maximum absolute atomic E-state index is 14.4. The summed E-state index contributed by atoms with van der Waals surface area (Å²) in [6, 6.07) is 10.1. The molecule has 0 spiro atoms. The predicted octanol–water partition coefficient (Wildman–Crippen LogP) is 4.87. The Morgan fingerprint density at radius 1 is 1.17 bits per heavy atom. The van der Waals surface area contributed by atoms with Gasteiger partial charge in [-0.2, -0.15) is 0 Å². The van der Waals surface area contributed by atoms with Crippen LogP contribution in [0.15, 0.2) is 36.4 Å². The predicted molar refractivity (Wildman–Crippen MR) is 114 cm³/mol. The second-order valence-corrected chi connectivity index (χ2v) is 13.7. The number of halogens is 1. The zero-order valence-electron chi connectivity index (χ0n) is 17.2. The van der Waals surface area contributed by atoms with Crippen LogP contribution in [-0.4, -0.2) is 39.3 Å². The lowest BCUT2D eigenvalue weighted by Crippen LogP contribution is -2.22. The van der Waals surface area contributed by atoms with Gasteiger partial charge in [0.05, 0.1) is 5.57 Å². The number of hydrogen-bond donors (Lipinski definition) is 1. The highest BCUT2D eigenvalue weighted by Crippen LogP contribution is 2.35. The summed E-state index contributed by atoms with van der Waals surface area (Å²) in [6.07, 6.45) is 1.40. The van der Waals surface area contributed by atoms with Gasteiger partial charge in [-0.3, -0.25) is 0 Å². The first-order chi connectivity index (χ1) is 14.2. The fourth-order valence-electron chi connectivity index (χ4n) is 2.77. The molecule has 0 radical (unpaired) electrons. The summed E-state index contributed by atoms with van der Waals surface area (Å²) in [6.45, 7) is 7.39. The van der Waals surface area contributed by atoms with Crippen molar-refractivity contribution in [1.82, 2.24) is 0 Å². The van der Waals surface area contributed by atoms with E-state index in [9.17, 15) is 14.3 Å². The Labute approximate surface area is 175 Å². The largest absolute Gasteiger partial charge is 0.478 e. The molecule has 2 aromatic carbocycles. The van der Waals surface area contributed by atoms with Gasteiger partial charge >= 0.3 is 5.97 Å². The quantitative estimate of drug-likeness (QED) is 0.200. The summed E-state index contributed by atoms with van der Waals surface area (Å²) in [5.41, 5.74) is 0.842. The molecule has 1 heterocycles. The van der Waals surface area contributed by atoms with Gasteiger partial charge in [-0.1, -0.05) is 31.8 Å². The summed E-state index contributed by atoms with van der Waals surface area (Å²) in [5.74, 6) is -0.634. The van der Waals surface area contributed by atoms with Gasteiger partial charge in [0.25, 0.3) is 0 Å². The smallest absolute Gasteiger partial charge is 0.336 e. The fourth-order valence-corrected chi connectivity index (χ4v) is 3.52. The van der Waals surface area contributed by atoms with Crippen molar-refractivity contribution in [2.45, 2.75) is 25.7 Å². The van der Waals surface area contributed by atoms with Gasteiger partial charge in [-0.25, -0.2) is 9.18 Å². The molecule has 30 heavy (non-hydrogen) atoms. The van der Waals surface area contributed by atoms with Gasteiger partial charge in [0.15, 0.2) is 29.9 Å². The van der Waals surface area contributed by atoms with Crippen molar-refractivity contribution >= 4 is 25.7 Å². The van der Waals surface area contributed by atoms with Crippen molar-refractivity contribution in [3.63, 3.8) is 0 Å². The first-order valence-corrected chi connectivity index (χ1v) is 13.3. The molecule has 3 rings (SSSR count). The first-order valence-electron chi connectivity index (χ1n) is 9.58. The Morgan fingerprint density at radius 2 is 1.93 bits per heavy atom. The van der Waals surface area contributed by atoms with Crippen molar-refractivity contribution in [3.05, 3.63) is 53.3 Å². The Bertz CT molecular complexity index is 951. The van der Waals surface area contributed by atoms with Crippen LogP contribution >= 0.6 is 0 Å². The lowest BCUT2D eigenvalue weighted by Gasteiger charge is -2.15. The average Bonchev–Trinajstić information content (AvgIpc) is 3.14. The van der Waals surface area contributed by atoms with Crippen molar-refractivity contribution in [2.24, 2.45) is 0 Å². The number of rotatable bonds is 9. The minimum atomic E-state index is -1.19. The van der Waals surface area contributed by atoms with E-state index in [0.29, 0.717) is 29.2 Å². The molecule has 1 N–H and O–H groups in total. The Hall–Kier alpha value is -2.84. The van der Waals surface area contributed by atoms with E-state index in [4.69, 9.17) is 18.9 Å². The van der Waals surface area contributed by atoms with E-state index in [2.05, 4.69) is 19.6 Å². The molecule has 160 valence electrons. The van der Waals surface area contributed by atoms with Crippen LogP contribution in [-0.2, 0) is 9.53 Å². The van der Waals surface area contributed by atoms with E-state index in [-0.39, 0.29) is 24.9 Å². The fraction of sp³-hybridized carbons (Fsp3) is 0.318. The maximum Gasteiger partial charge on any atom is 0.336 e. The van der Waals surface area contributed by atoms with Crippen molar-refractivity contribution in [1.29, 1.82) is 0 Å². The third kappa shape index (κ3) is 5.84. The number of benzene rings is 2. The highest BCUT2D eigenvalue weighted by Gasteiger charge is 2.18. The molecule has 0 atom stereocenters. The highest BCUT2D eigenvalue weighted by atomic mass is 28.3. The van der Waals surface area contributed by atoms with Crippen LogP contribution < -0.4 is 14.2 Å². The summed E-state index contributed by atoms with van der Waals surface area (Å²) >= 11 is 0. The number of hydrogen-bond acceptors (Lipinski definition) is 5. The average molecular weight is 433 g/mol. The molecule has 2 aromatic rings. The summed E-state index contributed by atoms with van der Waals surface area (Å²) < 4.78 is 35.7. The molecule has 0 bridgehead atoms. The van der Waals surface area contributed by atoms with Gasteiger partial charge in [-0.05, 0) is 47.5 Å². The molecule has 0 saturated heterocycles. The molecular formula is C22H25FO6Si. The minimum Gasteiger partial charge on any atom is -0.478 e. The van der Waals surface area contributed by atoms with E-state index < -0.39 is 19.9 Å². The number of carboxylic acids is 1. The molecule has 0 saturated carbocycles. The van der Waals surface area contributed by atoms with E-state index in [1.807, 2.05) is 0 Å². The van der Waals surface area contributed by atoms with Crippen LogP contribution in [0.25, 0.3) is 11.6 Å². The molecule has 0 aliphatic carbocycles. The normalized spacial score (nSPS) is 13.4. The van der Waals surface area contributed by atoms with Crippen molar-refractivity contribution in [3.8, 4) is 17.2 Å². The van der Waals surface area contributed by atoms with Crippen LogP contribution in [0.4, 0.5) is 4.39 Å².